The molecule has 0 fully saturated rings. The van der Waals surface area contributed by atoms with Crippen LogP contribution in [0.15, 0.2) is 53.9 Å². The van der Waals surface area contributed by atoms with Crippen LogP contribution in [-0.4, -0.2) is 6.16 Å². The first kappa shape index (κ1) is 22.2. The fraction of sp³-hybridized carbons (Fsp3) is 0.278. The van der Waals surface area contributed by atoms with E-state index in [-0.39, 0.29) is 58.6 Å². The van der Waals surface area contributed by atoms with Crippen LogP contribution in [0.2, 0.25) is 0 Å². The van der Waals surface area contributed by atoms with Crippen LogP contribution in [0.1, 0.15) is 26.2 Å². The number of hydrogen-bond acceptors (Lipinski definition) is 0. The Morgan fingerprint density at radius 1 is 1.18 bits per heavy atom. The molecular formula is C18H19Cl2HfP. The molecule has 1 aliphatic carbocycles. The van der Waals surface area contributed by atoms with Gasteiger partial charge in [0.2, 0.25) is 0 Å². The number of allylic oxidation sites excluding steroid dienone is 4. The Morgan fingerprint density at radius 2 is 1.95 bits per heavy atom. The molecule has 4 heteroatoms. The molecule has 0 saturated heterocycles. The van der Waals surface area contributed by atoms with Gasteiger partial charge in [-0.1, -0.05) is 19.4 Å². The molecule has 3 rings (SSSR count). The maximum Gasteiger partial charge on any atom is 4.00 e. The Morgan fingerprint density at radius 3 is 2.64 bits per heavy atom. The van der Waals surface area contributed by atoms with E-state index in [9.17, 15) is 0 Å². The second kappa shape index (κ2) is 10.9. The zero-order chi connectivity index (χ0) is 13.1. The van der Waals surface area contributed by atoms with E-state index in [1.54, 1.807) is 5.30 Å². The van der Waals surface area contributed by atoms with Gasteiger partial charge in [-0.3, -0.25) is 6.08 Å². The predicted octanol–water partition coefficient (Wildman–Crippen LogP) is -0.882. The van der Waals surface area contributed by atoms with Crippen LogP contribution >= 0.6 is 7.92 Å². The zero-order valence-electron chi connectivity index (χ0n) is 12.7. The van der Waals surface area contributed by atoms with Gasteiger partial charge in [-0.15, -0.1) is 54.7 Å². The molecular weight excluding hydrogens is 497 g/mol. The van der Waals surface area contributed by atoms with Gasteiger partial charge in [-0.05, 0) is 12.6 Å². The van der Waals surface area contributed by atoms with Crippen molar-refractivity contribution in [3.63, 3.8) is 0 Å². The van der Waals surface area contributed by atoms with E-state index in [0.29, 0.717) is 0 Å². The normalized spacial score (nSPS) is 13.8. The molecule has 0 aromatic heterocycles. The van der Waals surface area contributed by atoms with E-state index in [1.165, 1.54) is 35.1 Å². The third-order valence-corrected chi connectivity index (χ3v) is 6.27. The summed E-state index contributed by atoms with van der Waals surface area (Å²) >= 11 is 0. The first-order chi connectivity index (χ1) is 9.40. The molecule has 22 heavy (non-hydrogen) atoms. The number of fused-ring (bicyclic) bond motifs is 1. The fourth-order valence-electron chi connectivity index (χ4n) is 2.63. The monoisotopic (exact) mass is 516 g/mol. The predicted molar refractivity (Wildman–Crippen MR) is 86.4 cm³/mol. The summed E-state index contributed by atoms with van der Waals surface area (Å²) in [6.45, 7) is 2.28. The molecule has 0 bridgehead atoms. The number of rotatable bonds is 5. The topological polar surface area (TPSA) is 0 Å². The van der Waals surface area contributed by atoms with Gasteiger partial charge in [-0.25, -0.2) is 11.4 Å². The van der Waals surface area contributed by atoms with Gasteiger partial charge in [0.1, 0.15) is 0 Å². The molecule has 0 aliphatic heterocycles. The molecule has 0 saturated carbocycles. The molecule has 0 radical (unpaired) electrons. The van der Waals surface area contributed by atoms with Gasteiger partial charge < -0.3 is 24.8 Å². The zero-order valence-corrected chi connectivity index (χ0v) is 18.6. The van der Waals surface area contributed by atoms with Gasteiger partial charge in [0.25, 0.3) is 0 Å². The van der Waals surface area contributed by atoms with E-state index in [0.717, 1.165) is 6.42 Å². The minimum Gasteiger partial charge on any atom is -1.00 e. The van der Waals surface area contributed by atoms with Crippen LogP contribution in [0, 0.1) is 6.08 Å². The van der Waals surface area contributed by atoms with Crippen molar-refractivity contribution in [2.24, 2.45) is 0 Å². The van der Waals surface area contributed by atoms with Gasteiger partial charge in [0.15, 0.2) is 0 Å². The molecule has 114 valence electrons. The van der Waals surface area contributed by atoms with Crippen molar-refractivity contribution >= 4 is 24.0 Å². The summed E-state index contributed by atoms with van der Waals surface area (Å²) in [5.74, 6) is 0. The quantitative estimate of drug-likeness (QED) is 0.276. The second-order valence-corrected chi connectivity index (χ2v) is 7.25. The van der Waals surface area contributed by atoms with Crippen molar-refractivity contribution in [1.82, 2.24) is 0 Å². The van der Waals surface area contributed by atoms with Crippen LogP contribution in [0.25, 0.3) is 10.8 Å². The van der Waals surface area contributed by atoms with Crippen molar-refractivity contribution in [3.8, 4) is 0 Å². The summed E-state index contributed by atoms with van der Waals surface area (Å²) in [5, 5.41) is 5.83. The Balaban J connectivity index is 0.00000147. The van der Waals surface area contributed by atoms with E-state index >= 15 is 0 Å². The first-order valence-corrected chi connectivity index (χ1v) is 8.62. The van der Waals surface area contributed by atoms with Crippen LogP contribution in [0.4, 0.5) is 0 Å². The largest absolute Gasteiger partial charge is 4.00 e. The van der Waals surface area contributed by atoms with Crippen LogP contribution in [0.3, 0.4) is 0 Å². The molecule has 1 aliphatic rings. The van der Waals surface area contributed by atoms with Crippen molar-refractivity contribution in [2.45, 2.75) is 26.2 Å². The first-order valence-electron chi connectivity index (χ1n) is 7.09. The minimum atomic E-state index is -0.207. The minimum absolute atomic E-state index is 0. The average molecular weight is 516 g/mol. The SMILES string of the molecule is CCCCP(C1=[C-]CC=C1)[c-]1ccc2ccccc21.[Cl-].[Cl-].[Hf+4]. The maximum absolute atomic E-state index is 3.55. The van der Waals surface area contributed by atoms with Gasteiger partial charge >= 0.3 is 25.8 Å². The molecule has 0 nitrogen and oxygen atoms in total. The smallest absolute Gasteiger partial charge is 1.00 e. The van der Waals surface area contributed by atoms with Crippen molar-refractivity contribution in [3.05, 3.63) is 59.9 Å². The second-order valence-electron chi connectivity index (χ2n) is 4.98. The summed E-state index contributed by atoms with van der Waals surface area (Å²) < 4.78 is 0. The van der Waals surface area contributed by atoms with E-state index in [2.05, 4.69) is 61.5 Å². The Bertz CT molecular complexity index is 631. The molecule has 0 heterocycles. The molecule has 0 amide bonds. The average Bonchev–Trinajstić information content (AvgIpc) is 3.09. The Hall–Kier alpha value is 0.190. The Kier molecular flexibility index (Phi) is 11.0. The standard InChI is InChI=1S/C18H19P.2ClH.Hf/c1-2-3-14-19(16-9-5-6-10-16)18-13-12-15-8-4-7-11-17(15)18;;;/h4-5,7-9,11-13H,2-3,6,14H2,1H3;2*1H;/q-2;;;+4/p-2. The Labute approximate surface area is 166 Å². The molecule has 0 N–H and O–H groups in total. The van der Waals surface area contributed by atoms with E-state index in [1.807, 2.05) is 0 Å². The summed E-state index contributed by atoms with van der Waals surface area (Å²) in [4.78, 5) is 0. The van der Waals surface area contributed by atoms with Crippen molar-refractivity contribution in [1.29, 1.82) is 0 Å². The van der Waals surface area contributed by atoms with Gasteiger partial charge in [0, 0.05) is 0 Å². The molecule has 1 atom stereocenters. The van der Waals surface area contributed by atoms with Crippen molar-refractivity contribution in [2.75, 3.05) is 6.16 Å². The third-order valence-electron chi connectivity index (χ3n) is 3.65. The molecule has 0 spiro atoms. The van der Waals surface area contributed by atoms with Crippen LogP contribution in [0.5, 0.6) is 0 Å². The van der Waals surface area contributed by atoms with E-state index in [4.69, 9.17) is 0 Å². The molecule has 2 aromatic carbocycles. The summed E-state index contributed by atoms with van der Waals surface area (Å²) in [6, 6.07) is 13.4. The van der Waals surface area contributed by atoms with Crippen LogP contribution < -0.4 is 30.1 Å². The molecule has 1 unspecified atom stereocenters. The number of hydrogen-bond donors (Lipinski definition) is 0. The summed E-state index contributed by atoms with van der Waals surface area (Å²) in [6.07, 6.45) is 13.0. The number of halogens is 2. The maximum atomic E-state index is 3.55. The summed E-state index contributed by atoms with van der Waals surface area (Å²) in [5.41, 5.74) is 0. The third kappa shape index (κ3) is 4.84. The van der Waals surface area contributed by atoms with Crippen LogP contribution in [-0.2, 0) is 25.8 Å². The van der Waals surface area contributed by atoms with Gasteiger partial charge in [-0.2, -0.15) is 12.1 Å². The molecule has 2 aromatic rings. The summed E-state index contributed by atoms with van der Waals surface area (Å²) in [7, 11) is -0.207. The van der Waals surface area contributed by atoms with Gasteiger partial charge in [0.05, 0.1) is 0 Å². The number of benzene rings is 1. The van der Waals surface area contributed by atoms with E-state index < -0.39 is 0 Å². The van der Waals surface area contributed by atoms with Crippen molar-refractivity contribution < 1.29 is 50.7 Å². The number of unbranched alkanes of at least 4 members (excludes halogenated alkanes) is 1. The fourth-order valence-corrected chi connectivity index (χ4v) is 5.32.